The Kier molecular flexibility index (Phi) is 9.65. The van der Waals surface area contributed by atoms with Crippen molar-refractivity contribution in [3.63, 3.8) is 0 Å². The summed E-state index contributed by atoms with van der Waals surface area (Å²) in [7, 11) is -3.97. The quantitative estimate of drug-likeness (QED) is 0.328. The Morgan fingerprint density at radius 3 is 2.41 bits per heavy atom. The average molecular weight is 493 g/mol. The Bertz CT molecular complexity index is 974. The van der Waals surface area contributed by atoms with E-state index in [1.165, 1.54) is 12.1 Å². The van der Waals surface area contributed by atoms with Gasteiger partial charge in [0.15, 0.2) is 5.79 Å². The van der Waals surface area contributed by atoms with Gasteiger partial charge in [0, 0.05) is 6.61 Å². The SMILES string of the molecule is Cc1ccc(S(=O)(=O)OC[C@@H](O)[C@H]2OC(C)(C)O[C@@H]2CCCCCOCc2ccccc2)cc1. The highest BCUT2D eigenvalue weighted by Crippen LogP contribution is 2.33. The minimum absolute atomic E-state index is 0.0558. The van der Waals surface area contributed by atoms with Gasteiger partial charge in [-0.25, -0.2) is 0 Å². The van der Waals surface area contributed by atoms with Crippen molar-refractivity contribution in [2.75, 3.05) is 13.2 Å². The molecule has 0 aromatic heterocycles. The van der Waals surface area contributed by atoms with Crippen LogP contribution in [0.4, 0.5) is 0 Å². The Labute approximate surface area is 203 Å². The van der Waals surface area contributed by atoms with Crippen LogP contribution < -0.4 is 0 Å². The van der Waals surface area contributed by atoms with E-state index in [-0.39, 0.29) is 11.0 Å². The molecule has 0 saturated carbocycles. The van der Waals surface area contributed by atoms with Gasteiger partial charge < -0.3 is 19.3 Å². The topological polar surface area (TPSA) is 91.3 Å². The molecule has 0 unspecified atom stereocenters. The molecule has 0 spiro atoms. The third-order valence-corrected chi connectivity index (χ3v) is 6.99. The molecule has 1 saturated heterocycles. The second kappa shape index (κ2) is 12.2. The van der Waals surface area contributed by atoms with Gasteiger partial charge in [-0.3, -0.25) is 4.18 Å². The zero-order valence-electron chi connectivity index (χ0n) is 20.2. The van der Waals surface area contributed by atoms with Crippen LogP contribution in [0.5, 0.6) is 0 Å². The first kappa shape index (κ1) is 26.8. The van der Waals surface area contributed by atoms with Gasteiger partial charge in [-0.05, 0) is 51.3 Å². The summed E-state index contributed by atoms with van der Waals surface area (Å²) >= 11 is 0. The summed E-state index contributed by atoms with van der Waals surface area (Å²) in [6, 6.07) is 16.4. The summed E-state index contributed by atoms with van der Waals surface area (Å²) in [6.45, 7) is 6.33. The second-order valence-electron chi connectivity index (χ2n) is 9.15. The van der Waals surface area contributed by atoms with Crippen LogP contribution in [-0.4, -0.2) is 50.8 Å². The number of hydrogen-bond acceptors (Lipinski definition) is 7. The highest BCUT2D eigenvalue weighted by molar-refractivity contribution is 7.86. The van der Waals surface area contributed by atoms with Gasteiger partial charge in [0.25, 0.3) is 10.1 Å². The fourth-order valence-corrected chi connectivity index (χ4v) is 4.85. The molecule has 3 rings (SSSR count). The number of aliphatic hydroxyl groups is 1. The van der Waals surface area contributed by atoms with Crippen LogP contribution in [-0.2, 0) is 35.1 Å². The molecule has 1 heterocycles. The number of ether oxygens (including phenoxy) is 3. The monoisotopic (exact) mass is 492 g/mol. The van der Waals surface area contributed by atoms with E-state index in [2.05, 4.69) is 0 Å². The molecule has 2 aromatic carbocycles. The predicted molar refractivity (Wildman–Crippen MR) is 129 cm³/mol. The summed E-state index contributed by atoms with van der Waals surface area (Å²) in [4.78, 5) is 0.0558. The highest BCUT2D eigenvalue weighted by Gasteiger charge is 2.44. The molecule has 2 aromatic rings. The molecule has 0 amide bonds. The molecule has 0 radical (unpaired) electrons. The van der Waals surface area contributed by atoms with Gasteiger partial charge in [-0.1, -0.05) is 60.9 Å². The van der Waals surface area contributed by atoms with Gasteiger partial charge in [0.05, 0.1) is 24.2 Å². The molecular formula is C26H36O7S. The standard InChI is InChI=1S/C26H36O7S/c1-20-13-15-22(16-14-20)34(28,29)31-19-23(27)25-24(32-26(2,3)33-25)12-8-5-9-17-30-18-21-10-6-4-7-11-21/h4,6-7,10-11,13-16,23-25,27H,5,8-9,12,17-19H2,1-3H3/t23-,24-,25-/m1/s1. The van der Waals surface area contributed by atoms with E-state index in [1.54, 1.807) is 26.0 Å². The van der Waals surface area contributed by atoms with Crippen molar-refractivity contribution in [2.45, 2.75) is 82.1 Å². The van der Waals surface area contributed by atoms with Crippen molar-refractivity contribution < 1.29 is 31.9 Å². The summed E-state index contributed by atoms with van der Waals surface area (Å²) in [5.74, 6) is -0.856. The summed E-state index contributed by atoms with van der Waals surface area (Å²) in [6.07, 6.45) is 1.30. The first-order chi connectivity index (χ1) is 16.2. The van der Waals surface area contributed by atoms with Crippen molar-refractivity contribution in [1.29, 1.82) is 0 Å². The second-order valence-corrected chi connectivity index (χ2v) is 10.8. The van der Waals surface area contributed by atoms with Gasteiger partial charge in [-0.15, -0.1) is 0 Å². The molecule has 3 atom stereocenters. The maximum Gasteiger partial charge on any atom is 0.297 e. The minimum atomic E-state index is -3.97. The van der Waals surface area contributed by atoms with Gasteiger partial charge in [0.1, 0.15) is 12.2 Å². The number of aliphatic hydroxyl groups excluding tert-OH is 1. The van der Waals surface area contributed by atoms with Crippen LogP contribution in [0.15, 0.2) is 59.5 Å². The molecule has 8 heteroatoms. The summed E-state index contributed by atoms with van der Waals surface area (Å²) in [5, 5.41) is 10.7. The average Bonchev–Trinajstić information content (AvgIpc) is 3.12. The molecule has 1 aliphatic rings. The summed E-state index contributed by atoms with van der Waals surface area (Å²) in [5.41, 5.74) is 2.10. The van der Waals surface area contributed by atoms with E-state index in [1.807, 2.05) is 37.3 Å². The largest absolute Gasteiger partial charge is 0.388 e. The zero-order chi connectivity index (χ0) is 24.6. The maximum atomic E-state index is 12.4. The van der Waals surface area contributed by atoms with Crippen molar-refractivity contribution in [2.24, 2.45) is 0 Å². The molecule has 7 nitrogen and oxygen atoms in total. The van der Waals surface area contributed by atoms with E-state index in [9.17, 15) is 13.5 Å². The molecule has 188 valence electrons. The molecule has 0 aliphatic carbocycles. The number of aryl methyl sites for hydroxylation is 1. The maximum absolute atomic E-state index is 12.4. The number of rotatable bonds is 13. The molecule has 1 N–H and O–H groups in total. The van der Waals surface area contributed by atoms with Crippen LogP contribution in [0.3, 0.4) is 0 Å². The fourth-order valence-electron chi connectivity index (χ4n) is 3.93. The molecule has 0 bridgehead atoms. The molecule has 34 heavy (non-hydrogen) atoms. The molecule has 1 fully saturated rings. The fraction of sp³-hybridized carbons (Fsp3) is 0.538. The Morgan fingerprint density at radius 2 is 1.71 bits per heavy atom. The van der Waals surface area contributed by atoms with Gasteiger partial charge in [0.2, 0.25) is 0 Å². The van der Waals surface area contributed by atoms with Crippen LogP contribution >= 0.6 is 0 Å². The van der Waals surface area contributed by atoms with Crippen LogP contribution in [0.2, 0.25) is 0 Å². The third-order valence-electron chi connectivity index (χ3n) is 5.69. The van der Waals surface area contributed by atoms with E-state index in [0.29, 0.717) is 19.6 Å². The number of hydrogen-bond donors (Lipinski definition) is 1. The van der Waals surface area contributed by atoms with Crippen LogP contribution in [0, 0.1) is 6.92 Å². The minimum Gasteiger partial charge on any atom is -0.388 e. The normalized spacial score (nSPS) is 20.9. The molecule has 1 aliphatic heterocycles. The highest BCUT2D eigenvalue weighted by atomic mass is 32.2. The predicted octanol–water partition coefficient (Wildman–Crippen LogP) is 4.36. The lowest BCUT2D eigenvalue weighted by Crippen LogP contribution is -2.39. The molecular weight excluding hydrogens is 456 g/mol. The van der Waals surface area contributed by atoms with E-state index in [0.717, 1.165) is 30.4 Å². The van der Waals surface area contributed by atoms with Gasteiger partial charge >= 0.3 is 0 Å². The number of benzene rings is 2. The lowest BCUT2D eigenvalue weighted by molar-refractivity contribution is -0.157. The van der Waals surface area contributed by atoms with Gasteiger partial charge in [-0.2, -0.15) is 8.42 Å². The Morgan fingerprint density at radius 1 is 1.00 bits per heavy atom. The Hall–Kier alpha value is -1.81. The van der Waals surface area contributed by atoms with Crippen molar-refractivity contribution >= 4 is 10.1 Å². The van der Waals surface area contributed by atoms with E-state index < -0.39 is 34.7 Å². The van der Waals surface area contributed by atoms with E-state index >= 15 is 0 Å². The lowest BCUT2D eigenvalue weighted by atomic mass is 10.0. The van der Waals surface area contributed by atoms with Crippen molar-refractivity contribution in [3.8, 4) is 0 Å². The van der Waals surface area contributed by atoms with E-state index in [4.69, 9.17) is 18.4 Å². The Balaban J connectivity index is 1.42. The third kappa shape index (κ3) is 8.15. The van der Waals surface area contributed by atoms with Crippen LogP contribution in [0.25, 0.3) is 0 Å². The lowest BCUT2D eigenvalue weighted by Gasteiger charge is -2.22. The first-order valence-corrected chi connectivity index (χ1v) is 13.2. The number of unbranched alkanes of at least 4 members (excludes halogenated alkanes) is 2. The summed E-state index contributed by atoms with van der Waals surface area (Å²) < 4.78 is 47.6. The smallest absolute Gasteiger partial charge is 0.297 e. The van der Waals surface area contributed by atoms with Crippen molar-refractivity contribution in [3.05, 3.63) is 65.7 Å². The van der Waals surface area contributed by atoms with Crippen LogP contribution in [0.1, 0.15) is 50.7 Å². The van der Waals surface area contributed by atoms with Crippen molar-refractivity contribution in [1.82, 2.24) is 0 Å². The first-order valence-electron chi connectivity index (χ1n) is 11.8. The zero-order valence-corrected chi connectivity index (χ0v) is 21.0.